The monoisotopic (exact) mass is 832 g/mol. The molecule has 3 aromatic rings. The van der Waals surface area contributed by atoms with Crippen molar-refractivity contribution >= 4 is 63.4 Å². The first-order chi connectivity index (χ1) is 21.2. The van der Waals surface area contributed by atoms with Crippen LogP contribution in [0.5, 0.6) is 0 Å². The topological polar surface area (TPSA) is 0 Å². The maximum Gasteiger partial charge on any atom is -1.00 e. The van der Waals surface area contributed by atoms with Gasteiger partial charge in [0.05, 0.1) is 0 Å². The molecule has 4 rings (SSSR count). The van der Waals surface area contributed by atoms with Crippen LogP contribution in [0.15, 0.2) is 57.0 Å². The van der Waals surface area contributed by atoms with Gasteiger partial charge in [0.1, 0.15) is 0 Å². The van der Waals surface area contributed by atoms with Crippen LogP contribution in [0, 0.1) is 41.5 Å². The standard InChI is InChI=1S/C42H63Si4.3ClH.Ti/c1-27-20-36(43(11,12)13)39(23-30(27)4)46(42(10)26-33(7)34(8)35(42)9,40-24-31(5)28(2)21-37(40)44(14,15)16)41-25-32(6)29(3)22-38(41)45(17,18)19;;;;/h20-25H,1-19H3;3*1H;/q;;;;+3/p-3. The van der Waals surface area contributed by atoms with Crippen LogP contribution < -0.4 is 68.3 Å². The van der Waals surface area contributed by atoms with E-state index in [4.69, 9.17) is 0 Å². The summed E-state index contributed by atoms with van der Waals surface area (Å²) in [6, 6.07) is 16.2. The Hall–Kier alpha value is -0.408. The average Bonchev–Trinajstić information content (AvgIpc) is 3.08. The number of benzene rings is 3. The van der Waals surface area contributed by atoms with Crippen molar-refractivity contribution in [3.05, 3.63) is 90.4 Å². The summed E-state index contributed by atoms with van der Waals surface area (Å²) in [5, 5.41) is 10.0. The van der Waals surface area contributed by atoms with Gasteiger partial charge in [-0.1, -0.05) is 0 Å². The molecule has 0 nitrogen and oxygen atoms in total. The second-order valence-electron chi connectivity index (χ2n) is 18.3. The molecule has 0 bridgehead atoms. The Balaban J connectivity index is 0.00000417. The molecule has 8 heteroatoms. The van der Waals surface area contributed by atoms with Crippen LogP contribution in [0.25, 0.3) is 0 Å². The maximum absolute atomic E-state index is 2.96. The minimum Gasteiger partial charge on any atom is -1.00 e. The number of rotatable bonds is 7. The molecular formula is C42H63Cl3Si4Ti. The van der Waals surface area contributed by atoms with Gasteiger partial charge in [0.25, 0.3) is 0 Å². The van der Waals surface area contributed by atoms with Crippen LogP contribution >= 0.6 is 0 Å². The van der Waals surface area contributed by atoms with E-state index >= 15 is 0 Å². The summed E-state index contributed by atoms with van der Waals surface area (Å²) in [6.07, 6.45) is 0. The molecule has 0 spiro atoms. The van der Waals surface area contributed by atoms with Crippen molar-refractivity contribution in [2.75, 3.05) is 0 Å². The third kappa shape index (κ3) is 7.60. The van der Waals surface area contributed by atoms with Crippen molar-refractivity contribution in [1.29, 1.82) is 0 Å². The van der Waals surface area contributed by atoms with Gasteiger partial charge in [0, 0.05) is 0 Å². The average molecular weight is 835 g/mol. The molecule has 50 heavy (non-hydrogen) atoms. The molecule has 3 aromatic carbocycles. The molecular weight excluding hydrogens is 771 g/mol. The predicted molar refractivity (Wildman–Crippen MR) is 221 cm³/mol. The molecule has 0 fully saturated rings. The van der Waals surface area contributed by atoms with E-state index in [-0.39, 0.29) is 42.3 Å². The van der Waals surface area contributed by atoms with Crippen molar-refractivity contribution in [2.24, 2.45) is 0 Å². The molecule has 0 N–H and O–H groups in total. The van der Waals surface area contributed by atoms with E-state index in [0.29, 0.717) is 0 Å². The van der Waals surface area contributed by atoms with Crippen LogP contribution in [0.4, 0.5) is 0 Å². The number of halogens is 3. The molecule has 1 unspecified atom stereocenters. The Kier molecular flexibility index (Phi) is 15.0. The van der Waals surface area contributed by atoms with Gasteiger partial charge in [0.15, 0.2) is 0 Å². The Labute approximate surface area is 341 Å². The number of hydrogen-bond donors (Lipinski definition) is 0. The zero-order valence-electron chi connectivity index (χ0n) is 34.6. The van der Waals surface area contributed by atoms with Crippen molar-refractivity contribution in [3.63, 3.8) is 0 Å². The van der Waals surface area contributed by atoms with E-state index in [1.54, 1.807) is 40.6 Å². The maximum atomic E-state index is 2.73. The summed E-state index contributed by atoms with van der Waals surface area (Å²) in [7, 11) is -8.42. The van der Waals surface area contributed by atoms with Gasteiger partial charge in [-0.15, -0.1) is 0 Å². The van der Waals surface area contributed by atoms with Crippen molar-refractivity contribution in [1.82, 2.24) is 0 Å². The Morgan fingerprint density at radius 3 is 0.800 bits per heavy atom. The fourth-order valence-electron chi connectivity index (χ4n) is 8.36. The van der Waals surface area contributed by atoms with Crippen LogP contribution in [0.2, 0.25) is 64.0 Å². The van der Waals surface area contributed by atoms with Crippen LogP contribution in [-0.4, -0.2) is 32.3 Å². The van der Waals surface area contributed by atoms with Crippen LogP contribution in [0.1, 0.15) is 61.1 Å². The molecule has 0 heterocycles. The van der Waals surface area contributed by atoms with Crippen LogP contribution in [-0.2, 0) is 20.4 Å². The Morgan fingerprint density at radius 1 is 0.400 bits per heavy atom. The van der Waals surface area contributed by atoms with E-state index in [9.17, 15) is 0 Å². The predicted octanol–water partition coefficient (Wildman–Crippen LogP) is -0.414. The number of allylic oxidation sites excluding steroid dienone is 4. The summed E-state index contributed by atoms with van der Waals surface area (Å²) < 4.78 is 1.60. The second kappa shape index (κ2) is 15.8. The molecule has 0 radical (unpaired) electrons. The van der Waals surface area contributed by atoms with Gasteiger partial charge in [-0.25, -0.2) is 0 Å². The van der Waals surface area contributed by atoms with E-state index in [1.807, 2.05) is 0 Å². The summed E-state index contributed by atoms with van der Waals surface area (Å²) in [4.78, 5) is 0. The van der Waals surface area contributed by atoms with E-state index < -0.39 is 32.3 Å². The number of aryl methyl sites for hydroxylation is 6. The first-order valence-corrected chi connectivity index (χ1v) is 31.0. The second-order valence-corrected chi connectivity index (χ2v) is 38.3. The molecule has 0 aromatic heterocycles. The van der Waals surface area contributed by atoms with E-state index in [0.717, 1.165) is 0 Å². The van der Waals surface area contributed by atoms with Gasteiger partial charge in [-0.3, -0.25) is 0 Å². The quantitative estimate of drug-likeness (QED) is 0.225. The van der Waals surface area contributed by atoms with E-state index in [1.165, 1.54) is 44.5 Å². The molecule has 1 atom stereocenters. The third-order valence-electron chi connectivity index (χ3n) is 12.0. The van der Waals surface area contributed by atoms with Crippen LogP contribution in [0.3, 0.4) is 0 Å². The SMILES string of the molecule is CC1=C(C)C(C)([Si](c2cc(C)c(C)cc2[Si](C)(C)C)(c2cc(C)c(C)cc2[Si](C)(C)C)c2cc(C)c(C)cc2[Si](C)(C)C)[C]([Ti+3])=C1C.[Cl-].[Cl-].[Cl-]. The first kappa shape index (κ1) is 47.6. The third-order valence-corrected chi connectivity index (χ3v) is 26.4. The minimum atomic E-state index is -2.96. The summed E-state index contributed by atoms with van der Waals surface area (Å²) in [5.74, 6) is 0. The minimum absolute atomic E-state index is 0. The van der Waals surface area contributed by atoms with Gasteiger partial charge in [-0.05, 0) is 0 Å². The van der Waals surface area contributed by atoms with Crippen molar-refractivity contribution in [2.45, 2.75) is 133 Å². The normalized spacial score (nSPS) is 17.1. The molecule has 272 valence electrons. The fourth-order valence-corrected chi connectivity index (χ4v) is 26.0. The zero-order chi connectivity index (χ0) is 36.0. The largest absolute Gasteiger partial charge is 1.00 e. The summed E-state index contributed by atoms with van der Waals surface area (Å²) in [5.41, 5.74) is 13.3. The molecule has 0 saturated heterocycles. The van der Waals surface area contributed by atoms with Gasteiger partial charge >= 0.3 is 307 Å². The van der Waals surface area contributed by atoms with E-state index in [2.05, 4.69) is 185 Å². The van der Waals surface area contributed by atoms with Crippen molar-refractivity contribution in [3.8, 4) is 0 Å². The summed E-state index contributed by atoms with van der Waals surface area (Å²) in [6.45, 7) is 47.6. The first-order valence-electron chi connectivity index (χ1n) is 17.7. The fraction of sp³-hybridized carbons (Fsp3) is 0.476. The molecule has 0 amide bonds. The van der Waals surface area contributed by atoms with Gasteiger partial charge < -0.3 is 37.2 Å². The Bertz CT molecular complexity index is 1660. The molecule has 1 aliphatic rings. The van der Waals surface area contributed by atoms with Gasteiger partial charge in [-0.2, -0.15) is 0 Å². The molecule has 1 aliphatic carbocycles. The smallest absolute Gasteiger partial charge is 1.00 e. The van der Waals surface area contributed by atoms with Gasteiger partial charge in [0.2, 0.25) is 0 Å². The van der Waals surface area contributed by atoms with Crippen molar-refractivity contribution < 1.29 is 57.7 Å². The number of hydrogen-bond acceptors (Lipinski definition) is 0. The molecule has 0 aliphatic heterocycles. The molecule has 0 saturated carbocycles. The Morgan fingerprint density at radius 2 is 0.620 bits per heavy atom. The summed E-state index contributed by atoms with van der Waals surface area (Å²) >= 11 is 2.51. The zero-order valence-corrected chi connectivity index (χ0v) is 42.4.